The van der Waals surface area contributed by atoms with Crippen LogP contribution in [-0.2, 0) is 10.8 Å². The van der Waals surface area contributed by atoms with Crippen molar-refractivity contribution in [1.82, 2.24) is 0 Å². The molecule has 0 spiro atoms. The maximum atomic E-state index is 2.69. The van der Waals surface area contributed by atoms with Crippen LogP contribution in [0.15, 0.2) is 97.1 Å². The van der Waals surface area contributed by atoms with Gasteiger partial charge in [-0.3, -0.25) is 0 Å². The molecule has 3 saturated carbocycles. The molecule has 2 bridgehead atoms. The fraction of sp³-hybridized carbons (Fsp3) is 0.360. The van der Waals surface area contributed by atoms with E-state index in [1.165, 1.54) is 122 Å². The normalized spacial score (nSPS) is 22.9. The van der Waals surface area contributed by atoms with Crippen LogP contribution in [-0.4, -0.2) is 6.71 Å². The molecule has 0 N–H and O–H groups in total. The van der Waals surface area contributed by atoms with E-state index in [0.29, 0.717) is 5.92 Å². The summed E-state index contributed by atoms with van der Waals surface area (Å²) in [7, 11) is 0. The number of nitrogens with zero attached hydrogens (tertiary/aromatic N) is 2. The highest BCUT2D eigenvalue weighted by Gasteiger charge is 2.48. The molecule has 0 saturated heterocycles. The van der Waals surface area contributed by atoms with Gasteiger partial charge in [-0.1, -0.05) is 95.1 Å². The monoisotopic (exact) mass is 722 g/mol. The molecular weight excluding hydrogens is 671 g/mol. The summed E-state index contributed by atoms with van der Waals surface area (Å²) in [6.45, 7) is 14.7. The molecule has 12 rings (SSSR count). The van der Waals surface area contributed by atoms with E-state index in [1.54, 1.807) is 11.1 Å². The van der Waals surface area contributed by atoms with Gasteiger partial charge in [-0.15, -0.1) is 11.3 Å². The third kappa shape index (κ3) is 4.65. The minimum absolute atomic E-state index is 0.114. The van der Waals surface area contributed by atoms with Gasteiger partial charge in [0.2, 0.25) is 0 Å². The van der Waals surface area contributed by atoms with E-state index in [9.17, 15) is 0 Å². The fourth-order valence-corrected chi connectivity index (χ4v) is 13.1. The lowest BCUT2D eigenvalue weighted by atomic mass is 9.35. The second-order valence-electron chi connectivity index (χ2n) is 18.8. The van der Waals surface area contributed by atoms with Gasteiger partial charge in [0.1, 0.15) is 0 Å². The number of benzene rings is 5. The van der Waals surface area contributed by atoms with E-state index >= 15 is 0 Å². The Kier molecular flexibility index (Phi) is 7.12. The molecule has 1 atom stereocenters. The van der Waals surface area contributed by atoms with Crippen molar-refractivity contribution in [3.05, 3.63) is 125 Å². The molecule has 3 heterocycles. The summed E-state index contributed by atoms with van der Waals surface area (Å²) in [6.07, 6.45) is 9.49. The number of anilines is 6. The second kappa shape index (κ2) is 11.6. The Labute approximate surface area is 326 Å². The van der Waals surface area contributed by atoms with Crippen molar-refractivity contribution in [1.29, 1.82) is 0 Å². The number of fused-ring (bicyclic) bond motifs is 10. The number of hydrogen-bond donors (Lipinski definition) is 0. The molecule has 4 heteroatoms. The SMILES string of the molecule is Cc1cccc(C)c1N1c2cc3c(cc2B2c4sc5ccc(C6CC7CCC6CC7)cc5c4N(c4ccccc4)c4cccc1c42)C(C)(C)CCC3(C)C. The van der Waals surface area contributed by atoms with Crippen LogP contribution < -0.4 is 25.5 Å². The summed E-state index contributed by atoms with van der Waals surface area (Å²) in [6, 6.07) is 38.1. The Bertz CT molecular complexity index is 2480. The highest BCUT2D eigenvalue weighted by Crippen LogP contribution is 2.54. The van der Waals surface area contributed by atoms with Crippen molar-refractivity contribution in [2.45, 2.75) is 103 Å². The van der Waals surface area contributed by atoms with Gasteiger partial charge in [0.25, 0.3) is 6.71 Å². The standard InChI is InChI=1S/C50H51BN2S/c1-30-12-10-13-31(2)46(30)53-42-17-11-16-41-45(42)51(40-28-38-39(29-43(40)53)50(5,6)25-24-49(38,3)4)48-47(52(41)35-14-8-7-9-15-35)37-27-34(22-23-44(37)54-48)36-26-32-18-20-33(36)21-19-32/h7-17,22-23,27-29,32-33,36H,18-21,24-26H2,1-6H3. The zero-order chi connectivity index (χ0) is 36.7. The molecule has 6 aliphatic rings. The first kappa shape index (κ1) is 33.1. The molecular formula is C50H51BN2S. The summed E-state index contributed by atoms with van der Waals surface area (Å²) >= 11 is 2.05. The Morgan fingerprint density at radius 2 is 1.31 bits per heavy atom. The van der Waals surface area contributed by atoms with E-state index in [-0.39, 0.29) is 17.5 Å². The third-order valence-electron chi connectivity index (χ3n) is 14.7. The number of para-hydroxylation sites is 2. The lowest BCUT2D eigenvalue weighted by Gasteiger charge is -2.47. The average Bonchev–Trinajstić information content (AvgIpc) is 3.56. The van der Waals surface area contributed by atoms with Gasteiger partial charge in [-0.25, -0.2) is 0 Å². The zero-order valence-corrected chi connectivity index (χ0v) is 33.6. The van der Waals surface area contributed by atoms with Crippen LogP contribution >= 0.6 is 11.3 Å². The first-order chi connectivity index (χ1) is 26.1. The van der Waals surface area contributed by atoms with Crippen LogP contribution in [0.4, 0.5) is 34.1 Å². The van der Waals surface area contributed by atoms with Gasteiger partial charge >= 0.3 is 0 Å². The van der Waals surface area contributed by atoms with Gasteiger partial charge in [-0.05, 0) is 156 Å². The lowest BCUT2D eigenvalue weighted by Crippen LogP contribution is -2.61. The molecule has 1 unspecified atom stereocenters. The van der Waals surface area contributed by atoms with E-state index in [0.717, 1.165) is 11.8 Å². The van der Waals surface area contributed by atoms with E-state index in [1.807, 2.05) is 0 Å². The van der Waals surface area contributed by atoms with Crippen molar-refractivity contribution in [2.24, 2.45) is 11.8 Å². The highest BCUT2D eigenvalue weighted by atomic mass is 32.1. The van der Waals surface area contributed by atoms with Crippen LogP contribution in [0.1, 0.15) is 106 Å². The van der Waals surface area contributed by atoms with Gasteiger partial charge in [-0.2, -0.15) is 0 Å². The smallest absolute Gasteiger partial charge is 0.264 e. The Morgan fingerprint density at radius 3 is 2.00 bits per heavy atom. The third-order valence-corrected chi connectivity index (χ3v) is 16.0. The molecule has 270 valence electrons. The van der Waals surface area contributed by atoms with E-state index in [4.69, 9.17) is 0 Å². The van der Waals surface area contributed by atoms with Crippen LogP contribution in [0.25, 0.3) is 10.1 Å². The maximum absolute atomic E-state index is 2.69. The second-order valence-corrected chi connectivity index (χ2v) is 19.9. The quantitative estimate of drug-likeness (QED) is 0.168. The Hall–Kier alpha value is -4.28. The summed E-state index contributed by atoms with van der Waals surface area (Å²) < 4.78 is 2.91. The van der Waals surface area contributed by atoms with Crippen LogP contribution in [0.3, 0.4) is 0 Å². The molecule has 0 amide bonds. The van der Waals surface area contributed by atoms with Crippen LogP contribution in [0, 0.1) is 25.7 Å². The molecule has 6 aromatic rings. The average molecular weight is 723 g/mol. The molecule has 1 aromatic heterocycles. The van der Waals surface area contributed by atoms with Crippen molar-refractivity contribution < 1.29 is 0 Å². The van der Waals surface area contributed by atoms with E-state index < -0.39 is 0 Å². The molecule has 4 aliphatic carbocycles. The van der Waals surface area contributed by atoms with Crippen molar-refractivity contribution in [2.75, 3.05) is 9.80 Å². The van der Waals surface area contributed by atoms with Gasteiger partial charge in [0, 0.05) is 37.6 Å². The molecule has 5 aromatic carbocycles. The summed E-state index contributed by atoms with van der Waals surface area (Å²) in [5.41, 5.74) is 18.4. The number of rotatable bonds is 3. The summed E-state index contributed by atoms with van der Waals surface area (Å²) in [5.74, 6) is 2.45. The molecule has 54 heavy (non-hydrogen) atoms. The van der Waals surface area contributed by atoms with E-state index in [2.05, 4.69) is 160 Å². The largest absolute Gasteiger partial charge is 0.311 e. The summed E-state index contributed by atoms with van der Waals surface area (Å²) in [4.78, 5) is 5.30. The zero-order valence-electron chi connectivity index (χ0n) is 32.8. The van der Waals surface area contributed by atoms with Gasteiger partial charge in [0.15, 0.2) is 0 Å². The lowest BCUT2D eigenvalue weighted by molar-refractivity contribution is 0.145. The van der Waals surface area contributed by atoms with Crippen LogP contribution in [0.5, 0.6) is 0 Å². The van der Waals surface area contributed by atoms with Crippen molar-refractivity contribution in [3.63, 3.8) is 0 Å². The highest BCUT2D eigenvalue weighted by molar-refractivity contribution is 7.33. The molecule has 0 radical (unpaired) electrons. The minimum atomic E-state index is 0.114. The van der Waals surface area contributed by atoms with Crippen LogP contribution in [0.2, 0.25) is 0 Å². The topological polar surface area (TPSA) is 6.48 Å². The Balaban J connectivity index is 1.23. The van der Waals surface area contributed by atoms with Gasteiger partial charge in [0.05, 0.1) is 11.4 Å². The van der Waals surface area contributed by atoms with Crippen molar-refractivity contribution >= 4 is 78.0 Å². The first-order valence-corrected chi connectivity index (χ1v) is 21.5. The molecule has 3 fully saturated rings. The Morgan fingerprint density at radius 1 is 0.648 bits per heavy atom. The fourth-order valence-electron chi connectivity index (χ4n) is 11.8. The summed E-state index contributed by atoms with van der Waals surface area (Å²) in [5, 5.41) is 1.44. The minimum Gasteiger partial charge on any atom is -0.311 e. The molecule has 2 nitrogen and oxygen atoms in total. The maximum Gasteiger partial charge on any atom is 0.264 e. The first-order valence-electron chi connectivity index (χ1n) is 20.7. The van der Waals surface area contributed by atoms with Gasteiger partial charge < -0.3 is 9.80 Å². The number of hydrogen-bond acceptors (Lipinski definition) is 3. The van der Waals surface area contributed by atoms with Crippen molar-refractivity contribution in [3.8, 4) is 0 Å². The number of aryl methyl sites for hydroxylation is 2. The molecule has 2 aliphatic heterocycles. The predicted molar refractivity (Wildman–Crippen MR) is 233 cm³/mol. The number of thiophene rings is 1. The predicted octanol–water partition coefficient (Wildman–Crippen LogP) is 12.2.